The van der Waals surface area contributed by atoms with Crippen molar-refractivity contribution in [1.29, 1.82) is 0 Å². The highest BCUT2D eigenvalue weighted by atomic mass is 79.9. The van der Waals surface area contributed by atoms with Crippen molar-refractivity contribution in [2.45, 2.75) is 13.0 Å². The Kier molecular flexibility index (Phi) is 5.53. The normalized spacial score (nSPS) is 11.8. The van der Waals surface area contributed by atoms with Crippen LogP contribution >= 0.6 is 27.5 Å². The van der Waals surface area contributed by atoms with Crippen LogP contribution in [0.4, 0.5) is 5.69 Å². The first-order chi connectivity index (χ1) is 12.5. The van der Waals surface area contributed by atoms with E-state index >= 15 is 0 Å². The zero-order chi connectivity index (χ0) is 18.7. The summed E-state index contributed by atoms with van der Waals surface area (Å²) in [5, 5.41) is 15.5. The van der Waals surface area contributed by atoms with Crippen LogP contribution in [-0.4, -0.2) is 33.2 Å². The number of carbonyl (C=O) groups excluding carboxylic acids is 1. The molecule has 1 unspecified atom stereocenters. The van der Waals surface area contributed by atoms with Crippen LogP contribution in [0.15, 0.2) is 46.9 Å². The second-order valence-electron chi connectivity index (χ2n) is 5.45. The van der Waals surface area contributed by atoms with Gasteiger partial charge in [-0.1, -0.05) is 27.5 Å². The number of aromatic nitrogens is 4. The van der Waals surface area contributed by atoms with Crippen molar-refractivity contribution in [2.75, 3.05) is 12.4 Å². The number of ether oxygens (including phenoxy) is 1. The van der Waals surface area contributed by atoms with Crippen molar-refractivity contribution in [2.24, 2.45) is 0 Å². The van der Waals surface area contributed by atoms with E-state index in [-0.39, 0.29) is 5.91 Å². The van der Waals surface area contributed by atoms with E-state index in [0.717, 1.165) is 10.0 Å². The molecule has 0 fully saturated rings. The van der Waals surface area contributed by atoms with Gasteiger partial charge in [0.15, 0.2) is 0 Å². The molecule has 134 valence electrons. The number of amides is 1. The predicted molar refractivity (Wildman–Crippen MR) is 102 cm³/mol. The lowest BCUT2D eigenvalue weighted by Gasteiger charge is -2.12. The van der Waals surface area contributed by atoms with Crippen LogP contribution < -0.4 is 10.1 Å². The number of hydrogen-bond donors (Lipinski definition) is 1. The third kappa shape index (κ3) is 4.03. The second kappa shape index (κ2) is 7.84. The van der Waals surface area contributed by atoms with E-state index in [4.69, 9.17) is 16.3 Å². The molecule has 26 heavy (non-hydrogen) atoms. The highest BCUT2D eigenvalue weighted by molar-refractivity contribution is 9.10. The molecule has 1 amide bonds. The fourth-order valence-corrected chi connectivity index (χ4v) is 2.72. The van der Waals surface area contributed by atoms with Crippen LogP contribution in [0.2, 0.25) is 5.02 Å². The second-order valence-corrected chi connectivity index (χ2v) is 6.78. The van der Waals surface area contributed by atoms with Gasteiger partial charge in [0.1, 0.15) is 11.8 Å². The molecule has 1 aromatic heterocycles. The van der Waals surface area contributed by atoms with Crippen LogP contribution in [-0.2, 0) is 4.79 Å². The van der Waals surface area contributed by atoms with Gasteiger partial charge >= 0.3 is 0 Å². The molecule has 0 spiro atoms. The van der Waals surface area contributed by atoms with Crippen molar-refractivity contribution in [3.63, 3.8) is 0 Å². The van der Waals surface area contributed by atoms with Crippen LogP contribution in [0.5, 0.6) is 5.75 Å². The quantitative estimate of drug-likeness (QED) is 0.654. The van der Waals surface area contributed by atoms with E-state index < -0.39 is 6.04 Å². The molecule has 0 aliphatic heterocycles. The first-order valence-corrected chi connectivity index (χ1v) is 8.85. The summed E-state index contributed by atoms with van der Waals surface area (Å²) in [7, 11) is 1.53. The maximum atomic E-state index is 12.4. The number of tetrazole rings is 1. The molecule has 0 saturated heterocycles. The molecule has 0 bridgehead atoms. The van der Waals surface area contributed by atoms with E-state index in [9.17, 15) is 4.79 Å². The lowest BCUT2D eigenvalue weighted by Crippen LogP contribution is -2.25. The topological polar surface area (TPSA) is 81.9 Å². The Hall–Kier alpha value is -2.45. The molecule has 0 saturated carbocycles. The van der Waals surface area contributed by atoms with E-state index in [2.05, 4.69) is 36.7 Å². The number of carbonyl (C=O) groups is 1. The number of halogens is 2. The van der Waals surface area contributed by atoms with Crippen LogP contribution in [0, 0.1) is 0 Å². The zero-order valence-corrected chi connectivity index (χ0v) is 16.3. The monoisotopic (exact) mass is 435 g/mol. The van der Waals surface area contributed by atoms with Gasteiger partial charge in [-0.3, -0.25) is 4.79 Å². The molecule has 1 N–H and O–H groups in total. The van der Waals surface area contributed by atoms with Crippen LogP contribution in [0.25, 0.3) is 11.4 Å². The van der Waals surface area contributed by atoms with E-state index in [1.165, 1.54) is 11.9 Å². The predicted octanol–water partition coefficient (Wildman–Crippen LogP) is 3.96. The van der Waals surface area contributed by atoms with E-state index in [0.29, 0.717) is 22.3 Å². The highest BCUT2D eigenvalue weighted by Crippen LogP contribution is 2.27. The summed E-state index contributed by atoms with van der Waals surface area (Å²) < 4.78 is 6.05. The molecule has 9 heteroatoms. The number of nitrogens with one attached hydrogen (secondary N) is 1. The molecule has 3 aromatic rings. The fourth-order valence-electron chi connectivity index (χ4n) is 2.20. The maximum Gasteiger partial charge on any atom is 0.250 e. The Bertz CT molecular complexity index is 929. The smallest absolute Gasteiger partial charge is 0.250 e. The van der Waals surface area contributed by atoms with Gasteiger partial charge in [-0.25, -0.2) is 0 Å². The Morgan fingerprint density at radius 1 is 1.27 bits per heavy atom. The summed E-state index contributed by atoms with van der Waals surface area (Å²) in [6, 6.07) is 11.9. The van der Waals surface area contributed by atoms with Crippen LogP contribution in [0.1, 0.15) is 13.0 Å². The average Bonchev–Trinajstić information content (AvgIpc) is 3.12. The van der Waals surface area contributed by atoms with E-state index in [1.54, 1.807) is 25.1 Å². The summed E-state index contributed by atoms with van der Waals surface area (Å²) >= 11 is 9.45. The highest BCUT2D eigenvalue weighted by Gasteiger charge is 2.19. The molecule has 7 nitrogen and oxygen atoms in total. The maximum absolute atomic E-state index is 12.4. The molecule has 2 aromatic carbocycles. The first-order valence-electron chi connectivity index (χ1n) is 7.68. The minimum atomic E-state index is -0.646. The molecule has 0 aliphatic rings. The van der Waals surface area contributed by atoms with Crippen LogP contribution in [0.3, 0.4) is 0 Å². The summed E-state index contributed by atoms with van der Waals surface area (Å²) in [4.78, 5) is 13.7. The van der Waals surface area contributed by atoms with Crippen molar-refractivity contribution < 1.29 is 9.53 Å². The number of hydrogen-bond acceptors (Lipinski definition) is 5. The fraction of sp³-hybridized carbons (Fsp3) is 0.176. The standard InChI is InChI=1S/C17H15BrClN5O2/c1-10(17(25)20-13-7-8-15(26-2)14(19)9-13)24-22-16(21-23-24)11-3-5-12(18)6-4-11/h3-10H,1-2H3,(H,20,25). The number of anilines is 1. The Morgan fingerprint density at radius 2 is 2.00 bits per heavy atom. The molecular formula is C17H15BrClN5O2. The van der Waals surface area contributed by atoms with Crippen molar-refractivity contribution >= 4 is 39.1 Å². The third-order valence-corrected chi connectivity index (χ3v) is 4.50. The Morgan fingerprint density at radius 3 is 2.65 bits per heavy atom. The zero-order valence-electron chi connectivity index (χ0n) is 14.0. The van der Waals surface area contributed by atoms with Gasteiger partial charge in [0, 0.05) is 15.7 Å². The molecule has 3 rings (SSSR count). The van der Waals surface area contributed by atoms with E-state index in [1.807, 2.05) is 24.3 Å². The molecular weight excluding hydrogens is 422 g/mol. The van der Waals surface area contributed by atoms with Gasteiger partial charge in [-0.2, -0.15) is 4.80 Å². The van der Waals surface area contributed by atoms with Crippen molar-refractivity contribution in [1.82, 2.24) is 20.2 Å². The van der Waals surface area contributed by atoms with Crippen molar-refractivity contribution in [3.8, 4) is 17.1 Å². The number of benzene rings is 2. The minimum absolute atomic E-state index is 0.286. The Balaban J connectivity index is 1.72. The summed E-state index contributed by atoms with van der Waals surface area (Å²) in [6.45, 7) is 1.69. The lowest BCUT2D eigenvalue weighted by molar-refractivity contribution is -0.119. The first kappa shape index (κ1) is 18.3. The summed E-state index contributed by atoms with van der Waals surface area (Å²) in [6.07, 6.45) is 0. The number of methoxy groups -OCH3 is 1. The van der Waals surface area contributed by atoms with Gasteiger partial charge in [-0.15, -0.1) is 10.2 Å². The molecule has 1 atom stereocenters. The molecule has 0 aliphatic carbocycles. The average molecular weight is 437 g/mol. The van der Waals surface area contributed by atoms with Gasteiger partial charge in [0.2, 0.25) is 5.82 Å². The Labute approximate surface area is 163 Å². The summed E-state index contributed by atoms with van der Waals surface area (Å²) in [5.74, 6) is 0.699. The third-order valence-electron chi connectivity index (χ3n) is 3.68. The SMILES string of the molecule is COc1ccc(NC(=O)C(C)n2nnc(-c3ccc(Br)cc3)n2)cc1Cl. The molecule has 0 radical (unpaired) electrons. The van der Waals surface area contributed by atoms with Gasteiger partial charge in [0.25, 0.3) is 5.91 Å². The van der Waals surface area contributed by atoms with Crippen molar-refractivity contribution in [3.05, 3.63) is 52.0 Å². The van der Waals surface area contributed by atoms with Gasteiger partial charge in [-0.05, 0) is 54.6 Å². The van der Waals surface area contributed by atoms with Gasteiger partial charge < -0.3 is 10.1 Å². The number of nitrogens with zero attached hydrogens (tertiary/aromatic N) is 4. The van der Waals surface area contributed by atoms with Gasteiger partial charge in [0.05, 0.1) is 12.1 Å². The minimum Gasteiger partial charge on any atom is -0.495 e. The molecule has 1 heterocycles. The number of rotatable bonds is 5. The lowest BCUT2D eigenvalue weighted by atomic mass is 10.2. The largest absolute Gasteiger partial charge is 0.495 e. The summed E-state index contributed by atoms with van der Waals surface area (Å²) in [5.41, 5.74) is 1.37.